The van der Waals surface area contributed by atoms with Crippen LogP contribution in [-0.2, 0) is 23.1 Å². The maximum absolute atomic E-state index is 11.9. The van der Waals surface area contributed by atoms with Gasteiger partial charge in [-0.3, -0.25) is 14.2 Å². The van der Waals surface area contributed by atoms with Crippen LogP contribution in [0.25, 0.3) is 0 Å². The number of amides is 1. The first kappa shape index (κ1) is 12.6. The monoisotopic (exact) mass is 253 g/mol. The van der Waals surface area contributed by atoms with E-state index in [0.717, 1.165) is 4.57 Å². The van der Waals surface area contributed by atoms with E-state index in [1.165, 1.54) is 23.9 Å². The Labute approximate surface area is 103 Å². The number of aryl methyl sites for hydroxylation is 1. The van der Waals surface area contributed by atoms with E-state index in [0.29, 0.717) is 26.3 Å². The van der Waals surface area contributed by atoms with Gasteiger partial charge in [-0.25, -0.2) is 4.79 Å². The lowest BCUT2D eigenvalue weighted by molar-refractivity contribution is -0.136. The Morgan fingerprint density at radius 2 is 2.00 bits per heavy atom. The van der Waals surface area contributed by atoms with Gasteiger partial charge in [-0.15, -0.1) is 0 Å². The van der Waals surface area contributed by atoms with E-state index in [1.54, 1.807) is 4.90 Å². The number of carbonyl (C=O) groups excluding carboxylic acids is 1. The maximum atomic E-state index is 11.9. The van der Waals surface area contributed by atoms with Crippen LogP contribution in [-0.4, -0.2) is 46.2 Å². The summed E-state index contributed by atoms with van der Waals surface area (Å²) in [6, 6.07) is 1.27. The standard InChI is InChI=1S/C11H15N3O4/c1-12-3-2-9(15)14(11(12)17)8-10(16)13-4-6-18-7-5-13/h2-3H,4-8H2,1H3. The average molecular weight is 253 g/mol. The van der Waals surface area contributed by atoms with Gasteiger partial charge in [0.05, 0.1) is 13.2 Å². The van der Waals surface area contributed by atoms with Gasteiger partial charge >= 0.3 is 5.69 Å². The van der Waals surface area contributed by atoms with Crippen molar-refractivity contribution in [2.24, 2.45) is 7.05 Å². The normalized spacial score (nSPS) is 15.7. The molecule has 2 rings (SSSR count). The molecule has 1 aromatic heterocycles. The van der Waals surface area contributed by atoms with E-state index in [2.05, 4.69) is 0 Å². The van der Waals surface area contributed by atoms with Crippen molar-refractivity contribution in [3.63, 3.8) is 0 Å². The van der Waals surface area contributed by atoms with Crippen molar-refractivity contribution in [1.29, 1.82) is 0 Å². The van der Waals surface area contributed by atoms with Crippen molar-refractivity contribution in [1.82, 2.24) is 14.0 Å². The highest BCUT2D eigenvalue weighted by molar-refractivity contribution is 5.76. The fraction of sp³-hybridized carbons (Fsp3) is 0.545. The Balaban J connectivity index is 2.19. The smallest absolute Gasteiger partial charge is 0.331 e. The number of morpholine rings is 1. The SMILES string of the molecule is Cn1ccc(=O)n(CC(=O)N2CCOCC2)c1=O. The molecule has 1 aliphatic rings. The Kier molecular flexibility index (Phi) is 3.61. The zero-order valence-electron chi connectivity index (χ0n) is 10.2. The fourth-order valence-electron chi connectivity index (χ4n) is 1.81. The molecule has 0 saturated carbocycles. The molecule has 1 fully saturated rings. The topological polar surface area (TPSA) is 73.5 Å². The minimum atomic E-state index is -0.482. The van der Waals surface area contributed by atoms with Gasteiger partial charge in [0.1, 0.15) is 6.54 Å². The van der Waals surface area contributed by atoms with Gasteiger partial charge in [-0.1, -0.05) is 0 Å². The van der Waals surface area contributed by atoms with Crippen LogP contribution in [0.1, 0.15) is 0 Å². The van der Waals surface area contributed by atoms with Gasteiger partial charge in [0.25, 0.3) is 5.56 Å². The van der Waals surface area contributed by atoms with Crippen molar-refractivity contribution < 1.29 is 9.53 Å². The summed E-state index contributed by atoms with van der Waals surface area (Å²) in [5.74, 6) is -0.233. The quantitative estimate of drug-likeness (QED) is 0.636. The van der Waals surface area contributed by atoms with E-state index in [9.17, 15) is 14.4 Å². The van der Waals surface area contributed by atoms with Gasteiger partial charge in [0.15, 0.2) is 0 Å². The van der Waals surface area contributed by atoms with Gasteiger partial charge in [0.2, 0.25) is 5.91 Å². The zero-order valence-corrected chi connectivity index (χ0v) is 10.2. The Morgan fingerprint density at radius 3 is 2.67 bits per heavy atom. The number of ether oxygens (including phenoxy) is 1. The average Bonchev–Trinajstić information content (AvgIpc) is 2.40. The minimum absolute atomic E-state index is 0.216. The number of hydrogen-bond donors (Lipinski definition) is 0. The molecular weight excluding hydrogens is 238 g/mol. The summed E-state index contributed by atoms with van der Waals surface area (Å²) in [6.07, 6.45) is 1.39. The first-order valence-corrected chi connectivity index (χ1v) is 5.71. The molecule has 98 valence electrons. The summed E-state index contributed by atoms with van der Waals surface area (Å²) in [7, 11) is 1.54. The molecule has 1 amide bonds. The van der Waals surface area contributed by atoms with Crippen LogP contribution in [0.5, 0.6) is 0 Å². The van der Waals surface area contributed by atoms with E-state index in [1.807, 2.05) is 0 Å². The molecule has 0 bridgehead atoms. The zero-order chi connectivity index (χ0) is 13.1. The Hall–Kier alpha value is -1.89. The molecule has 1 aromatic rings. The van der Waals surface area contributed by atoms with Crippen molar-refractivity contribution in [3.05, 3.63) is 33.1 Å². The van der Waals surface area contributed by atoms with E-state index in [-0.39, 0.29) is 12.5 Å². The summed E-state index contributed by atoms with van der Waals surface area (Å²) in [4.78, 5) is 36.8. The summed E-state index contributed by atoms with van der Waals surface area (Å²) in [5, 5.41) is 0. The predicted octanol–water partition coefficient (Wildman–Crippen LogP) is -1.59. The number of hydrogen-bond acceptors (Lipinski definition) is 4. The highest BCUT2D eigenvalue weighted by Gasteiger charge is 2.18. The first-order chi connectivity index (χ1) is 8.59. The molecule has 7 nitrogen and oxygen atoms in total. The third kappa shape index (κ3) is 2.51. The molecule has 0 radical (unpaired) electrons. The molecule has 0 aromatic carbocycles. The molecule has 1 saturated heterocycles. The van der Waals surface area contributed by atoms with Gasteiger partial charge < -0.3 is 14.2 Å². The van der Waals surface area contributed by atoms with E-state index in [4.69, 9.17) is 4.74 Å². The molecule has 0 spiro atoms. The van der Waals surface area contributed by atoms with Crippen LogP contribution in [0, 0.1) is 0 Å². The molecule has 7 heteroatoms. The second kappa shape index (κ2) is 5.18. The van der Waals surface area contributed by atoms with Gasteiger partial charge in [0, 0.05) is 32.4 Å². The second-order valence-corrected chi connectivity index (χ2v) is 4.13. The Morgan fingerprint density at radius 1 is 1.33 bits per heavy atom. The fourth-order valence-corrected chi connectivity index (χ4v) is 1.81. The van der Waals surface area contributed by atoms with E-state index >= 15 is 0 Å². The predicted molar refractivity (Wildman–Crippen MR) is 63.3 cm³/mol. The lowest BCUT2D eigenvalue weighted by atomic mass is 10.4. The molecule has 0 unspecified atom stereocenters. The highest BCUT2D eigenvalue weighted by Crippen LogP contribution is 1.97. The third-order valence-electron chi connectivity index (χ3n) is 2.90. The maximum Gasteiger partial charge on any atom is 0.331 e. The second-order valence-electron chi connectivity index (χ2n) is 4.13. The summed E-state index contributed by atoms with van der Waals surface area (Å²) < 4.78 is 7.35. The number of aromatic nitrogens is 2. The van der Waals surface area contributed by atoms with Crippen molar-refractivity contribution >= 4 is 5.91 Å². The van der Waals surface area contributed by atoms with E-state index < -0.39 is 11.2 Å². The number of nitrogens with zero attached hydrogens (tertiary/aromatic N) is 3. The van der Waals surface area contributed by atoms with Gasteiger partial charge in [-0.2, -0.15) is 0 Å². The number of rotatable bonds is 2. The van der Waals surface area contributed by atoms with Crippen LogP contribution in [0.4, 0.5) is 0 Å². The molecule has 0 N–H and O–H groups in total. The lowest BCUT2D eigenvalue weighted by Crippen LogP contribution is -2.46. The highest BCUT2D eigenvalue weighted by atomic mass is 16.5. The van der Waals surface area contributed by atoms with Gasteiger partial charge in [-0.05, 0) is 0 Å². The lowest BCUT2D eigenvalue weighted by Gasteiger charge is -2.26. The molecule has 18 heavy (non-hydrogen) atoms. The van der Waals surface area contributed by atoms with Crippen LogP contribution < -0.4 is 11.2 Å². The molecule has 1 aliphatic heterocycles. The molecular formula is C11H15N3O4. The summed E-state index contributed by atoms with van der Waals surface area (Å²) >= 11 is 0. The summed E-state index contributed by atoms with van der Waals surface area (Å²) in [5.41, 5.74) is -0.941. The summed E-state index contributed by atoms with van der Waals surface area (Å²) in [6.45, 7) is 1.77. The first-order valence-electron chi connectivity index (χ1n) is 5.71. The van der Waals surface area contributed by atoms with Crippen LogP contribution >= 0.6 is 0 Å². The molecule has 2 heterocycles. The molecule has 0 atom stereocenters. The van der Waals surface area contributed by atoms with Crippen LogP contribution in [0.3, 0.4) is 0 Å². The minimum Gasteiger partial charge on any atom is -0.378 e. The molecule has 0 aliphatic carbocycles. The largest absolute Gasteiger partial charge is 0.378 e. The third-order valence-corrected chi connectivity index (χ3v) is 2.90. The van der Waals surface area contributed by atoms with Crippen LogP contribution in [0.15, 0.2) is 21.9 Å². The van der Waals surface area contributed by atoms with Crippen LogP contribution in [0.2, 0.25) is 0 Å². The van der Waals surface area contributed by atoms with Crippen molar-refractivity contribution in [3.8, 4) is 0 Å². The van der Waals surface area contributed by atoms with Crippen molar-refractivity contribution in [2.45, 2.75) is 6.54 Å². The Bertz CT molecular complexity index is 554. The van der Waals surface area contributed by atoms with Crippen molar-refractivity contribution in [2.75, 3.05) is 26.3 Å². The number of carbonyl (C=O) groups is 1.